The number of aldehydes is 1. The molecule has 18 heteroatoms. The van der Waals surface area contributed by atoms with Crippen LogP contribution >= 0.6 is 11.6 Å². The smallest absolute Gasteiger partial charge is 0.312 e. The molecule has 1 rings (SSSR count). The van der Waals surface area contributed by atoms with Crippen molar-refractivity contribution >= 4 is 59.0 Å². The molecule has 0 aromatic heterocycles. The molecule has 0 saturated carbocycles. The van der Waals surface area contributed by atoms with Gasteiger partial charge in [-0.2, -0.15) is 0 Å². The first-order valence-electron chi connectivity index (χ1n) is 17.5. The number of ether oxygens (including phenoxy) is 4. The second-order valence-corrected chi connectivity index (χ2v) is 11.9. The molecule has 6 amide bonds. The van der Waals surface area contributed by atoms with Crippen LogP contribution in [0.15, 0.2) is 24.3 Å². The SMILES string of the molecule is [2H]C(=O)CNC(=O)[C@H](CCCNC(N)=O)CC(=O)[C@@H](NC(=O)CCOCCOCCOCCOCCNC(=O)c1ccc(NC(=O)CCl)cc1)C(C)C. The zero-order valence-electron chi connectivity index (χ0n) is 30.8. The number of Topliss-reactive ketones (excluding diaryl/α,β-unsaturated/α-hetero) is 1. The fourth-order valence-electron chi connectivity index (χ4n) is 4.55. The van der Waals surface area contributed by atoms with Gasteiger partial charge in [0.15, 0.2) is 5.78 Å². The number of rotatable bonds is 30. The normalized spacial score (nSPS) is 12.3. The van der Waals surface area contributed by atoms with Gasteiger partial charge in [-0.15, -0.1) is 11.6 Å². The van der Waals surface area contributed by atoms with E-state index in [0.717, 1.165) is 0 Å². The number of nitrogens with one attached hydrogen (secondary N) is 5. The Morgan fingerprint density at radius 2 is 1.42 bits per heavy atom. The fourth-order valence-corrected chi connectivity index (χ4v) is 4.62. The van der Waals surface area contributed by atoms with Gasteiger partial charge in [-0.25, -0.2) is 4.79 Å². The Hall–Kier alpha value is -4.16. The maximum atomic E-state index is 13.1. The van der Waals surface area contributed by atoms with Crippen molar-refractivity contribution in [3.8, 4) is 0 Å². The summed E-state index contributed by atoms with van der Waals surface area (Å²) in [5.41, 5.74) is 6.04. The average Bonchev–Trinajstić information content (AvgIpc) is 3.12. The maximum Gasteiger partial charge on any atom is 0.312 e. The molecule has 0 aliphatic carbocycles. The number of urea groups is 1. The van der Waals surface area contributed by atoms with E-state index in [-0.39, 0.29) is 75.0 Å². The van der Waals surface area contributed by atoms with E-state index in [4.69, 9.17) is 37.7 Å². The summed E-state index contributed by atoms with van der Waals surface area (Å²) in [5.74, 6) is -3.20. The number of hydrogen-bond donors (Lipinski definition) is 6. The van der Waals surface area contributed by atoms with E-state index in [9.17, 15) is 33.6 Å². The minimum absolute atomic E-state index is 0.00101. The van der Waals surface area contributed by atoms with Crippen LogP contribution in [-0.2, 0) is 42.9 Å². The third kappa shape index (κ3) is 21.9. The zero-order chi connectivity index (χ0) is 39.4. The van der Waals surface area contributed by atoms with Crippen molar-refractivity contribution in [1.82, 2.24) is 21.3 Å². The Balaban J connectivity index is 2.18. The summed E-state index contributed by atoms with van der Waals surface area (Å²) >= 11 is 5.46. The van der Waals surface area contributed by atoms with Gasteiger partial charge in [0.25, 0.3) is 5.91 Å². The van der Waals surface area contributed by atoms with Gasteiger partial charge in [0, 0.05) is 43.1 Å². The van der Waals surface area contributed by atoms with Crippen molar-refractivity contribution in [2.24, 2.45) is 17.6 Å². The second kappa shape index (κ2) is 28.4. The highest BCUT2D eigenvalue weighted by Gasteiger charge is 2.29. The lowest BCUT2D eigenvalue weighted by Crippen LogP contribution is -2.46. The Morgan fingerprint density at radius 1 is 0.827 bits per heavy atom. The molecule has 0 saturated heterocycles. The van der Waals surface area contributed by atoms with Gasteiger partial charge in [-0.1, -0.05) is 13.8 Å². The number of carbonyl (C=O) groups is 7. The number of carbonyl (C=O) groups excluding carboxylic acids is 7. The first-order chi connectivity index (χ1) is 25.3. The highest BCUT2D eigenvalue weighted by atomic mass is 35.5. The summed E-state index contributed by atoms with van der Waals surface area (Å²) in [6.45, 7) is 5.79. The van der Waals surface area contributed by atoms with E-state index in [1.807, 2.05) is 0 Å². The molecule has 0 spiro atoms. The molecule has 0 heterocycles. The summed E-state index contributed by atoms with van der Waals surface area (Å²) in [7, 11) is 0. The molecule has 0 aliphatic heterocycles. The van der Waals surface area contributed by atoms with Crippen LogP contribution in [0.5, 0.6) is 0 Å². The van der Waals surface area contributed by atoms with Crippen LogP contribution in [0.25, 0.3) is 0 Å². The number of ketones is 1. The molecule has 0 fully saturated rings. The molecular formula is C34H53ClN6O11. The number of hydrogen-bond acceptors (Lipinski definition) is 11. The van der Waals surface area contributed by atoms with Crippen LogP contribution in [0, 0.1) is 11.8 Å². The molecule has 1 aromatic rings. The largest absolute Gasteiger partial charge is 0.379 e. The predicted molar refractivity (Wildman–Crippen MR) is 192 cm³/mol. The molecule has 0 bridgehead atoms. The van der Waals surface area contributed by atoms with Gasteiger partial charge in [-0.3, -0.25) is 24.0 Å². The Morgan fingerprint density at radius 3 is 1.98 bits per heavy atom. The zero-order valence-corrected chi connectivity index (χ0v) is 30.6. The predicted octanol–water partition coefficient (Wildman–Crippen LogP) is 0.530. The minimum atomic E-state index is -0.983. The first-order valence-corrected chi connectivity index (χ1v) is 17.5. The fraction of sp³-hybridized carbons (Fsp3) is 0.618. The van der Waals surface area contributed by atoms with E-state index in [1.165, 1.54) is 0 Å². The quantitative estimate of drug-likeness (QED) is 0.0359. The molecule has 2 atom stereocenters. The molecule has 1 aromatic carbocycles. The third-order valence-corrected chi connectivity index (χ3v) is 7.43. The highest BCUT2D eigenvalue weighted by molar-refractivity contribution is 6.29. The summed E-state index contributed by atoms with van der Waals surface area (Å²) in [5, 5.41) is 12.8. The summed E-state index contributed by atoms with van der Waals surface area (Å²) < 4.78 is 28.8. The van der Waals surface area contributed by atoms with Crippen molar-refractivity contribution in [2.75, 3.05) is 83.7 Å². The monoisotopic (exact) mass is 757 g/mol. The molecular weight excluding hydrogens is 704 g/mol. The van der Waals surface area contributed by atoms with Gasteiger partial charge in [0.1, 0.15) is 13.5 Å². The second-order valence-electron chi connectivity index (χ2n) is 11.7. The number of nitrogens with two attached hydrogens (primary N) is 1. The molecule has 0 aliphatic rings. The van der Waals surface area contributed by atoms with E-state index in [1.54, 1.807) is 38.1 Å². The summed E-state index contributed by atoms with van der Waals surface area (Å²) in [4.78, 5) is 83.7. The van der Waals surface area contributed by atoms with Crippen molar-refractivity contribution in [1.29, 1.82) is 0 Å². The van der Waals surface area contributed by atoms with Gasteiger partial charge in [0.05, 0.1) is 65.4 Å². The Kier molecular flexibility index (Phi) is 24.1. The molecule has 17 nitrogen and oxygen atoms in total. The highest BCUT2D eigenvalue weighted by Crippen LogP contribution is 2.16. The average molecular weight is 758 g/mol. The van der Waals surface area contributed by atoms with E-state index < -0.39 is 42.6 Å². The standard InChI is InChI=1S/C34H53ClN6O11/c1-24(2)31(28(43)22-26(33(47)37-11-13-42)4-3-10-39-34(36)48)41-29(44)9-14-49-16-18-51-20-21-52-19-17-50-15-12-38-32(46)25-5-7-27(8-6-25)40-30(45)23-35/h5-8,13,24,26,31H,3-4,9-12,14-23H2,1-2H3,(H,37,47)(H,38,46)(H,40,45)(H,41,44)(H3,36,39,48)/t26-,31+/m1/s1/i13D. The lowest BCUT2D eigenvalue weighted by molar-refractivity contribution is -0.133. The van der Waals surface area contributed by atoms with Crippen LogP contribution in [0.2, 0.25) is 0 Å². The molecule has 0 unspecified atom stereocenters. The van der Waals surface area contributed by atoms with Crippen molar-refractivity contribution in [2.45, 2.75) is 45.6 Å². The van der Waals surface area contributed by atoms with Gasteiger partial charge < -0.3 is 56.1 Å². The summed E-state index contributed by atoms with van der Waals surface area (Å²) in [6.07, 6.45) is -0.639. The number of halogens is 1. The topological polar surface area (TPSA) is 243 Å². The molecule has 52 heavy (non-hydrogen) atoms. The molecule has 7 N–H and O–H groups in total. The van der Waals surface area contributed by atoms with Crippen LogP contribution in [0.4, 0.5) is 10.5 Å². The van der Waals surface area contributed by atoms with Crippen molar-refractivity contribution in [3.63, 3.8) is 0 Å². The molecule has 292 valence electrons. The molecule has 0 radical (unpaired) electrons. The lowest BCUT2D eigenvalue weighted by Gasteiger charge is -2.24. The number of alkyl halides is 1. The summed E-state index contributed by atoms with van der Waals surface area (Å²) in [6, 6.07) is 4.83. The van der Waals surface area contributed by atoms with Gasteiger partial charge in [-0.05, 0) is 43.0 Å². The Bertz CT molecular complexity index is 1310. The first kappa shape index (κ1) is 44.0. The van der Waals surface area contributed by atoms with E-state index in [0.29, 0.717) is 57.3 Å². The number of primary amides is 1. The minimum Gasteiger partial charge on any atom is -0.379 e. The van der Waals surface area contributed by atoms with Gasteiger partial charge in [0.2, 0.25) is 17.7 Å². The van der Waals surface area contributed by atoms with Gasteiger partial charge >= 0.3 is 6.03 Å². The Labute approximate surface area is 310 Å². The van der Waals surface area contributed by atoms with E-state index >= 15 is 0 Å². The number of benzene rings is 1. The maximum absolute atomic E-state index is 13.1. The van der Waals surface area contributed by atoms with Crippen LogP contribution < -0.4 is 32.3 Å². The van der Waals surface area contributed by atoms with E-state index in [2.05, 4.69) is 26.6 Å². The third-order valence-electron chi connectivity index (χ3n) is 7.19. The lowest BCUT2D eigenvalue weighted by atomic mass is 9.89. The number of anilines is 1. The van der Waals surface area contributed by atoms with Crippen molar-refractivity contribution in [3.05, 3.63) is 29.8 Å². The van der Waals surface area contributed by atoms with Crippen LogP contribution in [-0.4, -0.2) is 126 Å². The number of amides is 6. The van der Waals surface area contributed by atoms with Crippen LogP contribution in [0.3, 0.4) is 0 Å². The van der Waals surface area contributed by atoms with Crippen molar-refractivity contribution < 1.29 is 53.9 Å². The van der Waals surface area contributed by atoms with Crippen LogP contribution in [0.1, 0.15) is 51.3 Å².